The van der Waals surface area contributed by atoms with E-state index in [9.17, 15) is 4.79 Å². The maximum Gasteiger partial charge on any atom is 0.271 e. The molecule has 3 aromatic rings. The molecule has 0 saturated carbocycles. The number of nitrogens with one attached hydrogen (secondary N) is 3. The molecule has 0 fully saturated rings. The van der Waals surface area contributed by atoms with Gasteiger partial charge in [-0.3, -0.25) is 4.79 Å². The molecule has 0 aliphatic carbocycles. The number of amides is 1. The Morgan fingerprint density at radius 1 is 1.23 bits per heavy atom. The van der Waals surface area contributed by atoms with Gasteiger partial charge in [-0.05, 0) is 48.5 Å². The van der Waals surface area contributed by atoms with Crippen molar-refractivity contribution in [3.8, 4) is 5.75 Å². The number of aromatic nitrogens is 2. The van der Waals surface area contributed by atoms with Crippen LogP contribution >= 0.6 is 12.2 Å². The summed E-state index contributed by atoms with van der Waals surface area (Å²) in [4.78, 5) is 18.3. The van der Waals surface area contributed by atoms with Crippen molar-refractivity contribution in [3.05, 3.63) is 58.4 Å². The highest BCUT2D eigenvalue weighted by molar-refractivity contribution is 7.71. The highest BCUT2D eigenvalue weighted by Gasteiger charge is 2.07. The molecule has 0 aliphatic heterocycles. The van der Waals surface area contributed by atoms with Crippen LogP contribution in [0, 0.1) is 10.7 Å². The van der Waals surface area contributed by atoms with E-state index in [0.29, 0.717) is 22.9 Å². The number of carbonyl (C=O) groups is 1. The van der Waals surface area contributed by atoms with Gasteiger partial charge in [0.1, 0.15) is 5.75 Å². The molecule has 1 aromatic heterocycles. The summed E-state index contributed by atoms with van der Waals surface area (Å²) in [7, 11) is 0. The molecule has 0 spiro atoms. The van der Waals surface area contributed by atoms with Gasteiger partial charge in [-0.1, -0.05) is 26.0 Å². The monoisotopic (exact) mass is 368 g/mol. The number of hydrogen-bond acceptors (Lipinski definition) is 4. The summed E-state index contributed by atoms with van der Waals surface area (Å²) in [5, 5.41) is 4.05. The average Bonchev–Trinajstić information content (AvgIpc) is 2.99. The van der Waals surface area contributed by atoms with Crippen LogP contribution in [-0.2, 0) is 0 Å². The Kier molecular flexibility index (Phi) is 5.48. The van der Waals surface area contributed by atoms with E-state index in [4.69, 9.17) is 17.0 Å². The SMILES string of the molecule is CC(C)COc1ccccc1/C=N\NC(=O)c1ccc2[nH]c(=S)[nH]c2c1. The van der Waals surface area contributed by atoms with E-state index < -0.39 is 0 Å². The Hall–Kier alpha value is -2.93. The second-order valence-corrected chi connectivity index (χ2v) is 6.69. The number of para-hydroxylation sites is 1. The van der Waals surface area contributed by atoms with Gasteiger partial charge < -0.3 is 14.7 Å². The molecule has 2 aromatic carbocycles. The van der Waals surface area contributed by atoms with Gasteiger partial charge in [0, 0.05) is 11.1 Å². The topological polar surface area (TPSA) is 82.3 Å². The van der Waals surface area contributed by atoms with E-state index in [2.05, 4.69) is 34.3 Å². The van der Waals surface area contributed by atoms with Gasteiger partial charge in [-0.15, -0.1) is 0 Å². The third-order valence-corrected chi connectivity index (χ3v) is 3.84. The predicted molar refractivity (Wildman–Crippen MR) is 105 cm³/mol. The Labute approximate surface area is 156 Å². The molecule has 0 bridgehead atoms. The maximum atomic E-state index is 12.3. The molecular weight excluding hydrogens is 348 g/mol. The van der Waals surface area contributed by atoms with Gasteiger partial charge in [0.25, 0.3) is 5.91 Å². The van der Waals surface area contributed by atoms with E-state index in [0.717, 1.165) is 22.3 Å². The van der Waals surface area contributed by atoms with Crippen molar-refractivity contribution < 1.29 is 9.53 Å². The number of benzene rings is 2. The van der Waals surface area contributed by atoms with Crippen molar-refractivity contribution in [2.45, 2.75) is 13.8 Å². The molecule has 0 unspecified atom stereocenters. The summed E-state index contributed by atoms with van der Waals surface area (Å²) < 4.78 is 6.29. The first-order valence-corrected chi connectivity index (χ1v) is 8.71. The summed E-state index contributed by atoms with van der Waals surface area (Å²) in [5.74, 6) is 0.861. The maximum absolute atomic E-state index is 12.3. The van der Waals surface area contributed by atoms with E-state index in [1.165, 1.54) is 0 Å². The van der Waals surface area contributed by atoms with E-state index >= 15 is 0 Å². The zero-order chi connectivity index (χ0) is 18.5. The van der Waals surface area contributed by atoms with Crippen molar-refractivity contribution in [1.29, 1.82) is 0 Å². The van der Waals surface area contributed by atoms with Crippen molar-refractivity contribution in [1.82, 2.24) is 15.4 Å². The molecule has 7 heteroatoms. The van der Waals surface area contributed by atoms with Gasteiger partial charge >= 0.3 is 0 Å². The Bertz CT molecular complexity index is 1000. The number of ether oxygens (including phenoxy) is 1. The van der Waals surface area contributed by atoms with Gasteiger partial charge in [0.2, 0.25) is 0 Å². The quantitative estimate of drug-likeness (QED) is 0.349. The Morgan fingerprint density at radius 3 is 2.81 bits per heavy atom. The molecule has 6 nitrogen and oxygen atoms in total. The first kappa shape index (κ1) is 17.9. The first-order chi connectivity index (χ1) is 12.5. The van der Waals surface area contributed by atoms with Crippen LogP contribution in [0.1, 0.15) is 29.8 Å². The normalized spacial score (nSPS) is 11.3. The van der Waals surface area contributed by atoms with Crippen molar-refractivity contribution in [2.24, 2.45) is 11.0 Å². The van der Waals surface area contributed by atoms with Crippen molar-refractivity contribution in [3.63, 3.8) is 0 Å². The molecule has 134 valence electrons. The molecule has 0 radical (unpaired) electrons. The van der Waals surface area contributed by atoms with Crippen LogP contribution in [0.5, 0.6) is 5.75 Å². The van der Waals surface area contributed by atoms with E-state index in [1.54, 1.807) is 24.4 Å². The second kappa shape index (κ2) is 7.97. The average molecular weight is 368 g/mol. The number of nitrogens with zero attached hydrogens (tertiary/aromatic N) is 1. The van der Waals surface area contributed by atoms with Crippen molar-refractivity contribution >= 4 is 35.4 Å². The largest absolute Gasteiger partial charge is 0.493 e. The van der Waals surface area contributed by atoms with Gasteiger partial charge in [-0.2, -0.15) is 5.10 Å². The molecule has 0 aliphatic rings. The van der Waals surface area contributed by atoms with Crippen LogP contribution in [-0.4, -0.2) is 28.7 Å². The number of hydrazone groups is 1. The summed E-state index contributed by atoms with van der Waals surface area (Å²) in [6, 6.07) is 12.8. The fourth-order valence-electron chi connectivity index (χ4n) is 2.37. The fourth-order valence-corrected chi connectivity index (χ4v) is 2.59. The molecule has 3 N–H and O–H groups in total. The number of hydrogen-bond donors (Lipinski definition) is 3. The minimum Gasteiger partial charge on any atom is -0.493 e. The van der Waals surface area contributed by atoms with Crippen LogP contribution in [0.2, 0.25) is 0 Å². The standard InChI is InChI=1S/C19H20N4O2S/c1-12(2)11-25-17-6-4-3-5-14(17)10-20-23-18(24)13-7-8-15-16(9-13)22-19(26)21-15/h3-10,12H,11H2,1-2H3,(H,23,24)(H2,21,22,26)/b20-10-. The van der Waals surface area contributed by atoms with Crippen LogP contribution in [0.25, 0.3) is 11.0 Å². The van der Waals surface area contributed by atoms with Gasteiger partial charge in [0.05, 0.1) is 23.9 Å². The van der Waals surface area contributed by atoms with Crippen LogP contribution in [0.15, 0.2) is 47.6 Å². The van der Waals surface area contributed by atoms with Crippen LogP contribution in [0.4, 0.5) is 0 Å². The smallest absolute Gasteiger partial charge is 0.271 e. The lowest BCUT2D eigenvalue weighted by Crippen LogP contribution is -2.17. The Morgan fingerprint density at radius 2 is 2.00 bits per heavy atom. The minimum absolute atomic E-state index is 0.302. The van der Waals surface area contributed by atoms with Crippen LogP contribution < -0.4 is 10.2 Å². The Balaban J connectivity index is 1.69. The molecule has 3 rings (SSSR count). The summed E-state index contributed by atoms with van der Waals surface area (Å²) in [6.45, 7) is 4.80. The third kappa shape index (κ3) is 4.37. The fraction of sp³-hybridized carbons (Fsp3) is 0.211. The van der Waals surface area contributed by atoms with Crippen LogP contribution in [0.3, 0.4) is 0 Å². The number of aromatic amines is 2. The number of fused-ring (bicyclic) bond motifs is 1. The van der Waals surface area contributed by atoms with Crippen molar-refractivity contribution in [2.75, 3.05) is 6.61 Å². The number of H-pyrrole nitrogens is 2. The number of rotatable bonds is 6. The molecule has 0 atom stereocenters. The molecule has 1 heterocycles. The highest BCUT2D eigenvalue weighted by atomic mass is 32.1. The first-order valence-electron chi connectivity index (χ1n) is 8.30. The summed E-state index contributed by atoms with van der Waals surface area (Å²) in [6.07, 6.45) is 1.58. The third-order valence-electron chi connectivity index (χ3n) is 3.64. The van der Waals surface area contributed by atoms with Gasteiger partial charge in [0.15, 0.2) is 4.77 Å². The highest BCUT2D eigenvalue weighted by Crippen LogP contribution is 2.17. The number of carbonyl (C=O) groups excluding carboxylic acids is 1. The molecule has 26 heavy (non-hydrogen) atoms. The second-order valence-electron chi connectivity index (χ2n) is 6.28. The molecule has 1 amide bonds. The lowest BCUT2D eigenvalue weighted by molar-refractivity contribution is 0.0955. The lowest BCUT2D eigenvalue weighted by Gasteiger charge is -2.10. The predicted octanol–water partition coefficient (Wildman–Crippen LogP) is 4.02. The molecular formula is C19H20N4O2S. The zero-order valence-corrected chi connectivity index (χ0v) is 15.4. The van der Waals surface area contributed by atoms with E-state index in [1.807, 2.05) is 24.3 Å². The summed E-state index contributed by atoms with van der Waals surface area (Å²) >= 11 is 5.05. The van der Waals surface area contributed by atoms with E-state index in [-0.39, 0.29) is 5.91 Å². The summed E-state index contributed by atoms with van der Waals surface area (Å²) in [5.41, 5.74) is 5.46. The minimum atomic E-state index is -0.302. The number of imidazole rings is 1. The molecule has 0 saturated heterocycles. The zero-order valence-electron chi connectivity index (χ0n) is 14.6. The van der Waals surface area contributed by atoms with Gasteiger partial charge in [-0.25, -0.2) is 5.43 Å². The lowest BCUT2D eigenvalue weighted by atomic mass is 10.2.